The number of nitrogens with zero attached hydrogens (tertiary/aromatic N) is 3. The number of aryl methyl sites for hydroxylation is 3. The minimum atomic E-state index is -3.62. The van der Waals surface area contributed by atoms with Gasteiger partial charge in [-0.15, -0.1) is 0 Å². The average molecular weight is 364 g/mol. The Morgan fingerprint density at radius 2 is 2.04 bits per heavy atom. The molecule has 2 rings (SSSR count). The summed E-state index contributed by atoms with van der Waals surface area (Å²) in [5, 5.41) is 4.06. The van der Waals surface area contributed by atoms with E-state index in [0.29, 0.717) is 12.1 Å². The van der Waals surface area contributed by atoms with Crippen LogP contribution in [0.5, 0.6) is 0 Å². The molecule has 0 unspecified atom stereocenters. The van der Waals surface area contributed by atoms with Crippen LogP contribution in [0.3, 0.4) is 0 Å². The summed E-state index contributed by atoms with van der Waals surface area (Å²) >= 11 is 0. The molecule has 0 fully saturated rings. The van der Waals surface area contributed by atoms with Gasteiger partial charge in [-0.2, -0.15) is 5.10 Å². The van der Waals surface area contributed by atoms with E-state index in [0.717, 1.165) is 11.1 Å². The zero-order valence-electron chi connectivity index (χ0n) is 15.0. The Morgan fingerprint density at radius 3 is 2.68 bits per heavy atom. The number of rotatable bonds is 7. The van der Waals surface area contributed by atoms with Gasteiger partial charge >= 0.3 is 0 Å². The molecule has 1 aromatic heterocycles. The molecule has 2 aromatic rings. The molecule has 0 aliphatic heterocycles. The second-order valence-corrected chi connectivity index (χ2v) is 7.92. The predicted octanol–water partition coefficient (Wildman–Crippen LogP) is 1.36. The second-order valence-electron chi connectivity index (χ2n) is 6.19. The Bertz CT molecular complexity index is 859. The first-order chi connectivity index (χ1) is 11.7. The molecule has 0 saturated carbocycles. The maximum Gasteiger partial charge on any atom is 0.240 e. The molecule has 25 heavy (non-hydrogen) atoms. The van der Waals surface area contributed by atoms with Crippen molar-refractivity contribution in [3.05, 3.63) is 47.3 Å². The Labute approximate surface area is 148 Å². The van der Waals surface area contributed by atoms with Gasteiger partial charge in [0.15, 0.2) is 0 Å². The second kappa shape index (κ2) is 7.79. The fourth-order valence-corrected chi connectivity index (χ4v) is 3.83. The van der Waals surface area contributed by atoms with Gasteiger partial charge < -0.3 is 4.90 Å². The third-order valence-electron chi connectivity index (χ3n) is 3.87. The lowest BCUT2D eigenvalue weighted by Gasteiger charge is -2.16. The molecule has 1 amide bonds. The number of nitrogens with one attached hydrogen (secondary N) is 1. The van der Waals surface area contributed by atoms with Crippen LogP contribution in [0.15, 0.2) is 35.5 Å². The summed E-state index contributed by atoms with van der Waals surface area (Å²) in [6.07, 6.45) is 3.64. The summed E-state index contributed by atoms with van der Waals surface area (Å²) in [6.45, 7) is 4.10. The quantitative estimate of drug-likeness (QED) is 0.804. The molecule has 0 bridgehead atoms. The number of amides is 1. The van der Waals surface area contributed by atoms with Crippen LogP contribution < -0.4 is 4.72 Å². The monoisotopic (exact) mass is 364 g/mol. The van der Waals surface area contributed by atoms with E-state index >= 15 is 0 Å². The van der Waals surface area contributed by atoms with Crippen molar-refractivity contribution in [2.75, 3.05) is 13.6 Å². The zero-order chi connectivity index (χ0) is 18.6. The van der Waals surface area contributed by atoms with Crippen LogP contribution in [-0.4, -0.2) is 42.6 Å². The normalized spacial score (nSPS) is 11.5. The summed E-state index contributed by atoms with van der Waals surface area (Å²) in [4.78, 5) is 14.0. The highest BCUT2D eigenvalue weighted by Crippen LogP contribution is 2.16. The van der Waals surface area contributed by atoms with Crippen molar-refractivity contribution in [1.82, 2.24) is 19.4 Å². The molecule has 1 N–H and O–H groups in total. The van der Waals surface area contributed by atoms with Gasteiger partial charge in [-0.05, 0) is 31.0 Å². The lowest BCUT2D eigenvalue weighted by molar-refractivity contribution is -0.130. The fraction of sp³-hybridized carbons (Fsp3) is 0.412. The van der Waals surface area contributed by atoms with Crippen LogP contribution in [-0.2, 0) is 28.4 Å². The maximum absolute atomic E-state index is 12.4. The van der Waals surface area contributed by atoms with Gasteiger partial charge in [-0.25, -0.2) is 13.1 Å². The first-order valence-electron chi connectivity index (χ1n) is 7.97. The summed E-state index contributed by atoms with van der Waals surface area (Å²) in [5.41, 5.74) is 2.48. The van der Waals surface area contributed by atoms with E-state index in [1.54, 1.807) is 41.9 Å². The van der Waals surface area contributed by atoms with Crippen LogP contribution in [0.1, 0.15) is 23.1 Å². The van der Waals surface area contributed by atoms with Crippen molar-refractivity contribution < 1.29 is 13.2 Å². The number of carbonyl (C=O) groups is 1. The highest BCUT2D eigenvalue weighted by molar-refractivity contribution is 7.89. The van der Waals surface area contributed by atoms with Gasteiger partial charge in [0.25, 0.3) is 0 Å². The third-order valence-corrected chi connectivity index (χ3v) is 5.47. The Kier molecular flexibility index (Phi) is 5.97. The Hall–Kier alpha value is -2.19. The topological polar surface area (TPSA) is 84.3 Å². The molecule has 0 radical (unpaired) electrons. The molecule has 0 saturated heterocycles. The fourth-order valence-electron chi connectivity index (χ4n) is 2.47. The van der Waals surface area contributed by atoms with Crippen molar-refractivity contribution in [2.24, 2.45) is 7.05 Å². The largest absolute Gasteiger partial charge is 0.341 e. The number of carbonyl (C=O) groups excluding carboxylic acids is 1. The van der Waals surface area contributed by atoms with Crippen molar-refractivity contribution in [3.8, 4) is 0 Å². The van der Waals surface area contributed by atoms with E-state index < -0.39 is 10.0 Å². The van der Waals surface area contributed by atoms with E-state index in [1.807, 2.05) is 26.2 Å². The lowest BCUT2D eigenvalue weighted by atomic mass is 10.2. The summed E-state index contributed by atoms with van der Waals surface area (Å²) < 4.78 is 29.0. The number of sulfonamides is 1. The summed E-state index contributed by atoms with van der Waals surface area (Å²) in [6, 6.07) is 5.27. The van der Waals surface area contributed by atoms with Crippen molar-refractivity contribution in [2.45, 2.75) is 31.7 Å². The number of hydrogen-bond donors (Lipinski definition) is 1. The van der Waals surface area contributed by atoms with Crippen LogP contribution in [0.2, 0.25) is 0 Å². The summed E-state index contributed by atoms with van der Waals surface area (Å²) in [7, 11) is -0.123. The standard InChI is InChI=1S/C17H24N4O3S/c1-13-5-6-14(2)16(9-13)25(23,24)19-8-7-17(22)20(3)11-15-10-18-21(4)12-15/h5-6,9-10,12,19H,7-8,11H2,1-4H3. The van der Waals surface area contributed by atoms with Crippen molar-refractivity contribution in [1.29, 1.82) is 0 Å². The van der Waals surface area contributed by atoms with Gasteiger partial charge in [0.05, 0.1) is 11.1 Å². The SMILES string of the molecule is Cc1ccc(C)c(S(=O)(=O)NCCC(=O)N(C)Cc2cnn(C)c2)c1. The number of aromatic nitrogens is 2. The van der Waals surface area contributed by atoms with Gasteiger partial charge in [-0.1, -0.05) is 12.1 Å². The van der Waals surface area contributed by atoms with E-state index in [-0.39, 0.29) is 23.8 Å². The van der Waals surface area contributed by atoms with Crippen molar-refractivity contribution >= 4 is 15.9 Å². The number of hydrogen-bond acceptors (Lipinski definition) is 4. The molecular weight excluding hydrogens is 340 g/mol. The van der Waals surface area contributed by atoms with Crippen LogP contribution in [0, 0.1) is 13.8 Å². The highest BCUT2D eigenvalue weighted by atomic mass is 32.2. The average Bonchev–Trinajstić information content (AvgIpc) is 2.94. The predicted molar refractivity (Wildman–Crippen MR) is 95.4 cm³/mol. The van der Waals surface area contributed by atoms with Gasteiger partial charge in [0, 0.05) is 45.4 Å². The molecule has 1 heterocycles. The molecule has 0 spiro atoms. The minimum absolute atomic E-state index is 0.0614. The molecule has 0 aliphatic carbocycles. The Balaban J connectivity index is 1.90. The molecule has 1 aromatic carbocycles. The smallest absolute Gasteiger partial charge is 0.240 e. The van der Waals surface area contributed by atoms with Crippen LogP contribution in [0.25, 0.3) is 0 Å². The van der Waals surface area contributed by atoms with Crippen LogP contribution >= 0.6 is 0 Å². The molecule has 0 aliphatic rings. The minimum Gasteiger partial charge on any atom is -0.341 e. The maximum atomic E-state index is 12.4. The van der Waals surface area contributed by atoms with E-state index in [4.69, 9.17) is 0 Å². The molecule has 8 heteroatoms. The van der Waals surface area contributed by atoms with E-state index in [9.17, 15) is 13.2 Å². The number of benzene rings is 1. The van der Waals surface area contributed by atoms with Gasteiger partial charge in [-0.3, -0.25) is 9.48 Å². The van der Waals surface area contributed by atoms with Gasteiger partial charge in [0.1, 0.15) is 0 Å². The van der Waals surface area contributed by atoms with Gasteiger partial charge in [0.2, 0.25) is 15.9 Å². The van der Waals surface area contributed by atoms with Crippen molar-refractivity contribution in [3.63, 3.8) is 0 Å². The Morgan fingerprint density at radius 1 is 1.32 bits per heavy atom. The third kappa shape index (κ3) is 5.14. The first kappa shape index (κ1) is 19.1. The van der Waals surface area contributed by atoms with E-state index in [1.165, 1.54) is 0 Å². The highest BCUT2D eigenvalue weighted by Gasteiger charge is 2.18. The molecular formula is C17H24N4O3S. The molecule has 7 nitrogen and oxygen atoms in total. The van der Waals surface area contributed by atoms with E-state index in [2.05, 4.69) is 9.82 Å². The molecule has 0 atom stereocenters. The molecule has 136 valence electrons. The van der Waals surface area contributed by atoms with Crippen LogP contribution in [0.4, 0.5) is 0 Å². The first-order valence-corrected chi connectivity index (χ1v) is 9.46. The lowest BCUT2D eigenvalue weighted by Crippen LogP contribution is -2.32. The summed E-state index contributed by atoms with van der Waals surface area (Å²) in [5.74, 6) is -0.132. The zero-order valence-corrected chi connectivity index (χ0v) is 15.8.